The number of hydrogen-bond donors (Lipinski definition) is 4. The Balaban J connectivity index is 2.02. The number of nitrogens with one attached hydrogen (secondary N) is 4. The Morgan fingerprint density at radius 3 is 2.61 bits per heavy atom. The van der Waals surface area contributed by atoms with Crippen LogP contribution in [0.5, 0.6) is 0 Å². The number of H-pyrrole nitrogens is 2. The van der Waals surface area contributed by atoms with Gasteiger partial charge in [-0.15, -0.1) is 0 Å². The summed E-state index contributed by atoms with van der Waals surface area (Å²) in [5.74, 6) is 0.220. The van der Waals surface area contributed by atoms with Crippen molar-refractivity contribution in [3.05, 3.63) is 33.0 Å². The van der Waals surface area contributed by atoms with Gasteiger partial charge < -0.3 is 5.32 Å². The topological polar surface area (TPSA) is 85.6 Å². The van der Waals surface area contributed by atoms with E-state index in [0.717, 1.165) is 0 Å². The molecule has 1 aromatic heterocycles. The van der Waals surface area contributed by atoms with Crippen molar-refractivity contribution in [3.8, 4) is 0 Å². The van der Waals surface area contributed by atoms with Crippen molar-refractivity contribution in [1.29, 1.82) is 0 Å². The van der Waals surface area contributed by atoms with Crippen LogP contribution in [0.15, 0.2) is 18.2 Å². The quantitative estimate of drug-likeness (QED) is 0.641. The third-order valence-electron chi connectivity index (χ3n) is 1.91. The van der Waals surface area contributed by atoms with Gasteiger partial charge >= 0.3 is 6.03 Å². The molecule has 2 amide bonds. The molecular formula is C9H7Cl2N5OS. The molecule has 2 rings (SSSR count). The van der Waals surface area contributed by atoms with Gasteiger partial charge in [-0.25, -0.2) is 4.79 Å². The van der Waals surface area contributed by atoms with Gasteiger partial charge in [-0.05, 0) is 30.4 Å². The Bertz CT molecular complexity index is 638. The molecule has 0 bridgehead atoms. The van der Waals surface area contributed by atoms with Crippen molar-refractivity contribution in [2.45, 2.75) is 0 Å². The fraction of sp³-hybridized carbons (Fsp3) is 0. The molecule has 94 valence electrons. The number of urea groups is 1. The van der Waals surface area contributed by atoms with Crippen molar-refractivity contribution in [3.63, 3.8) is 0 Å². The summed E-state index contributed by atoms with van der Waals surface area (Å²) in [6.45, 7) is 0. The molecular weight excluding hydrogens is 297 g/mol. The number of amides is 2. The lowest BCUT2D eigenvalue weighted by molar-refractivity contribution is 0.262. The molecule has 0 atom stereocenters. The summed E-state index contributed by atoms with van der Waals surface area (Å²) in [5.41, 5.74) is 0.510. The van der Waals surface area contributed by atoms with Crippen molar-refractivity contribution < 1.29 is 4.79 Å². The monoisotopic (exact) mass is 303 g/mol. The Kier molecular flexibility index (Phi) is 3.85. The summed E-state index contributed by atoms with van der Waals surface area (Å²) in [6.07, 6.45) is 0. The van der Waals surface area contributed by atoms with Crippen LogP contribution in [0.2, 0.25) is 10.0 Å². The van der Waals surface area contributed by atoms with E-state index in [-0.39, 0.29) is 10.7 Å². The van der Waals surface area contributed by atoms with Crippen LogP contribution in [0.25, 0.3) is 0 Å². The summed E-state index contributed by atoms with van der Waals surface area (Å²) in [5, 5.41) is 10.9. The van der Waals surface area contributed by atoms with E-state index in [9.17, 15) is 4.79 Å². The largest absolute Gasteiger partial charge is 0.326 e. The minimum absolute atomic E-state index is 0.220. The molecule has 0 fully saturated rings. The molecule has 0 radical (unpaired) electrons. The van der Waals surface area contributed by atoms with Gasteiger partial charge in [-0.1, -0.05) is 23.2 Å². The summed E-state index contributed by atoms with van der Waals surface area (Å²) in [7, 11) is 0. The lowest BCUT2D eigenvalue weighted by Gasteiger charge is -2.06. The maximum atomic E-state index is 11.6. The number of anilines is 2. The first kappa shape index (κ1) is 12.9. The molecule has 0 saturated carbocycles. The van der Waals surface area contributed by atoms with Gasteiger partial charge in [0.2, 0.25) is 10.7 Å². The SMILES string of the molecule is O=C(Nc1ccc(Cl)c(Cl)c1)Nc1nc(=S)[nH][nH]1. The van der Waals surface area contributed by atoms with E-state index in [1.165, 1.54) is 6.07 Å². The minimum atomic E-state index is -0.480. The molecule has 0 spiro atoms. The van der Waals surface area contributed by atoms with Crippen LogP contribution in [0.4, 0.5) is 16.4 Å². The molecule has 0 aliphatic carbocycles. The van der Waals surface area contributed by atoms with E-state index in [0.29, 0.717) is 15.7 Å². The van der Waals surface area contributed by atoms with Crippen LogP contribution in [-0.2, 0) is 0 Å². The van der Waals surface area contributed by atoms with Crippen molar-refractivity contribution in [2.75, 3.05) is 10.6 Å². The lowest BCUT2D eigenvalue weighted by atomic mass is 10.3. The fourth-order valence-electron chi connectivity index (χ4n) is 1.17. The number of carbonyl (C=O) groups is 1. The number of carbonyl (C=O) groups excluding carboxylic acids is 1. The summed E-state index contributed by atoms with van der Waals surface area (Å²) >= 11 is 16.3. The van der Waals surface area contributed by atoms with E-state index in [2.05, 4.69) is 25.8 Å². The summed E-state index contributed by atoms with van der Waals surface area (Å²) < 4.78 is 0.250. The molecule has 0 aliphatic rings. The van der Waals surface area contributed by atoms with E-state index in [1.54, 1.807) is 12.1 Å². The molecule has 18 heavy (non-hydrogen) atoms. The predicted octanol–water partition coefficient (Wildman–Crippen LogP) is 3.42. The minimum Gasteiger partial charge on any atom is -0.308 e. The highest BCUT2D eigenvalue weighted by atomic mass is 35.5. The molecule has 4 N–H and O–H groups in total. The van der Waals surface area contributed by atoms with Gasteiger partial charge in [0, 0.05) is 5.69 Å². The lowest BCUT2D eigenvalue weighted by Crippen LogP contribution is -2.20. The van der Waals surface area contributed by atoms with Gasteiger partial charge in [0.1, 0.15) is 0 Å². The summed E-state index contributed by atoms with van der Waals surface area (Å²) in [4.78, 5) is 15.4. The number of rotatable bonds is 2. The zero-order valence-corrected chi connectivity index (χ0v) is 11.1. The molecule has 9 heteroatoms. The van der Waals surface area contributed by atoms with E-state index in [4.69, 9.17) is 35.4 Å². The van der Waals surface area contributed by atoms with Crippen molar-refractivity contribution >= 4 is 53.1 Å². The Labute approximate surface area is 117 Å². The van der Waals surface area contributed by atoms with Crippen molar-refractivity contribution in [2.24, 2.45) is 0 Å². The smallest absolute Gasteiger partial charge is 0.308 e. The zero-order chi connectivity index (χ0) is 13.1. The first-order valence-corrected chi connectivity index (χ1v) is 5.89. The van der Waals surface area contributed by atoms with E-state index < -0.39 is 6.03 Å². The maximum Gasteiger partial charge on any atom is 0.326 e. The highest BCUT2D eigenvalue weighted by Gasteiger charge is 2.06. The predicted molar refractivity (Wildman–Crippen MR) is 72.9 cm³/mol. The maximum absolute atomic E-state index is 11.6. The second-order valence-corrected chi connectivity index (χ2v) is 4.42. The number of benzene rings is 1. The van der Waals surface area contributed by atoms with Gasteiger partial charge in [0.15, 0.2) is 0 Å². The molecule has 1 aromatic carbocycles. The molecule has 0 aliphatic heterocycles. The van der Waals surface area contributed by atoms with E-state index >= 15 is 0 Å². The number of halogens is 2. The standard InChI is InChI=1S/C9H7Cl2N5OS/c10-5-2-1-4(3-6(5)11)12-8(17)13-7-14-9(18)16-15-7/h1-3H,(H4,12,13,14,15,16,17,18). The average Bonchev–Trinajstić information content (AvgIpc) is 2.69. The van der Waals surface area contributed by atoms with Gasteiger partial charge in [0.05, 0.1) is 10.0 Å². The van der Waals surface area contributed by atoms with Crippen LogP contribution < -0.4 is 10.6 Å². The first-order chi connectivity index (χ1) is 8.54. The second-order valence-electron chi connectivity index (χ2n) is 3.22. The van der Waals surface area contributed by atoms with Crippen LogP contribution in [0.1, 0.15) is 0 Å². The molecule has 1 heterocycles. The van der Waals surface area contributed by atoms with Crippen LogP contribution in [0.3, 0.4) is 0 Å². The van der Waals surface area contributed by atoms with Crippen LogP contribution in [0, 0.1) is 4.77 Å². The number of aromatic nitrogens is 3. The van der Waals surface area contributed by atoms with Crippen molar-refractivity contribution in [1.82, 2.24) is 15.2 Å². The Morgan fingerprint density at radius 2 is 2.00 bits per heavy atom. The van der Waals surface area contributed by atoms with Crippen LogP contribution in [-0.4, -0.2) is 21.2 Å². The number of hydrogen-bond acceptors (Lipinski definition) is 3. The van der Waals surface area contributed by atoms with Gasteiger partial charge in [-0.3, -0.25) is 15.5 Å². The molecule has 6 nitrogen and oxygen atoms in total. The highest BCUT2D eigenvalue weighted by Crippen LogP contribution is 2.24. The summed E-state index contributed by atoms with van der Waals surface area (Å²) in [6, 6.07) is 4.27. The third-order valence-corrected chi connectivity index (χ3v) is 2.84. The second kappa shape index (κ2) is 5.38. The Morgan fingerprint density at radius 1 is 1.22 bits per heavy atom. The first-order valence-electron chi connectivity index (χ1n) is 4.72. The van der Waals surface area contributed by atoms with Crippen LogP contribution >= 0.6 is 35.4 Å². The zero-order valence-electron chi connectivity index (χ0n) is 8.75. The highest BCUT2D eigenvalue weighted by molar-refractivity contribution is 7.71. The molecule has 2 aromatic rings. The normalized spacial score (nSPS) is 10.1. The molecule has 0 unspecified atom stereocenters. The number of aromatic amines is 2. The Hall–Kier alpha value is -1.57. The van der Waals surface area contributed by atoms with E-state index in [1.807, 2.05) is 0 Å². The van der Waals surface area contributed by atoms with Gasteiger partial charge in [-0.2, -0.15) is 4.98 Å². The number of nitrogens with zero attached hydrogens (tertiary/aromatic N) is 1. The fourth-order valence-corrected chi connectivity index (χ4v) is 1.61. The molecule has 0 saturated heterocycles. The third kappa shape index (κ3) is 3.22. The average molecular weight is 304 g/mol. The van der Waals surface area contributed by atoms with Gasteiger partial charge in [0.25, 0.3) is 0 Å².